The highest BCUT2D eigenvalue weighted by atomic mass is 32.2. The highest BCUT2D eigenvalue weighted by Gasteiger charge is 2.13. The van der Waals surface area contributed by atoms with Crippen LogP contribution in [0.3, 0.4) is 0 Å². The van der Waals surface area contributed by atoms with Gasteiger partial charge in [0.1, 0.15) is 0 Å². The molecule has 0 aliphatic carbocycles. The van der Waals surface area contributed by atoms with E-state index in [-0.39, 0.29) is 11.5 Å². The topological polar surface area (TPSA) is 64.6 Å². The summed E-state index contributed by atoms with van der Waals surface area (Å²) < 4.78 is 34.0. The van der Waals surface area contributed by atoms with Crippen LogP contribution in [-0.4, -0.2) is 40.7 Å². The maximum absolute atomic E-state index is 11.6. The van der Waals surface area contributed by atoms with E-state index in [1.807, 2.05) is 42.5 Å². The van der Waals surface area contributed by atoms with Crippen molar-refractivity contribution in [2.45, 2.75) is 13.5 Å². The van der Waals surface area contributed by atoms with Crippen LogP contribution in [0.2, 0.25) is 0 Å². The molecule has 2 aromatic rings. The lowest BCUT2D eigenvalue weighted by atomic mass is 9.98. The molecular weight excluding hydrogens is 338 g/mol. The van der Waals surface area contributed by atoms with Gasteiger partial charge in [-0.1, -0.05) is 37.3 Å². The summed E-state index contributed by atoms with van der Waals surface area (Å²) in [6, 6.07) is 13.9. The predicted molar refractivity (Wildman–Crippen MR) is 101 cm³/mol. The minimum Gasteiger partial charge on any atom is -0.493 e. The van der Waals surface area contributed by atoms with Gasteiger partial charge in [0.2, 0.25) is 0 Å². The molecular formula is C19H25NO4S. The number of benzene rings is 2. The van der Waals surface area contributed by atoms with Crippen molar-refractivity contribution < 1.29 is 17.9 Å². The molecule has 0 aliphatic rings. The third-order valence-electron chi connectivity index (χ3n) is 4.04. The molecule has 5 nitrogen and oxygen atoms in total. The number of sulfone groups is 1. The third kappa shape index (κ3) is 5.21. The van der Waals surface area contributed by atoms with Gasteiger partial charge >= 0.3 is 0 Å². The van der Waals surface area contributed by atoms with Crippen molar-refractivity contribution in [2.75, 3.05) is 32.3 Å². The van der Waals surface area contributed by atoms with Crippen molar-refractivity contribution in [2.24, 2.45) is 0 Å². The first-order valence-electron chi connectivity index (χ1n) is 8.22. The molecule has 0 aliphatic heterocycles. The van der Waals surface area contributed by atoms with E-state index in [2.05, 4.69) is 5.32 Å². The monoisotopic (exact) mass is 363 g/mol. The first kappa shape index (κ1) is 19.3. The van der Waals surface area contributed by atoms with E-state index in [1.165, 1.54) is 0 Å². The van der Waals surface area contributed by atoms with Crippen molar-refractivity contribution in [1.29, 1.82) is 0 Å². The van der Waals surface area contributed by atoms with Crippen LogP contribution in [0.1, 0.15) is 12.5 Å². The van der Waals surface area contributed by atoms with Crippen LogP contribution < -0.4 is 14.8 Å². The Kier molecular flexibility index (Phi) is 6.84. The molecule has 0 amide bonds. The van der Waals surface area contributed by atoms with Gasteiger partial charge in [0.05, 0.1) is 20.0 Å². The second-order valence-corrected chi connectivity index (χ2v) is 8.12. The lowest BCUT2D eigenvalue weighted by molar-refractivity contribution is 0.354. The molecule has 0 spiro atoms. The molecule has 0 unspecified atom stereocenters. The fraction of sp³-hybridized carbons (Fsp3) is 0.368. The zero-order chi connectivity index (χ0) is 18.3. The molecule has 25 heavy (non-hydrogen) atoms. The standard InChI is InChI=1S/C19H25NO4S/c1-4-25(21,22)11-10-20-14-16-12-18(23-2)19(24-3)13-17(16)15-8-6-5-7-9-15/h5-9,12-13,20H,4,10-11,14H2,1-3H3. The van der Waals surface area contributed by atoms with Gasteiger partial charge in [-0.05, 0) is 28.8 Å². The first-order valence-corrected chi connectivity index (χ1v) is 10.0. The first-order chi connectivity index (χ1) is 12.0. The molecule has 2 aromatic carbocycles. The maximum Gasteiger partial charge on any atom is 0.161 e. The second kappa shape index (κ2) is 8.87. The van der Waals surface area contributed by atoms with Crippen molar-refractivity contribution in [3.05, 3.63) is 48.0 Å². The summed E-state index contributed by atoms with van der Waals surface area (Å²) in [5.41, 5.74) is 3.13. The lowest BCUT2D eigenvalue weighted by Crippen LogP contribution is -2.23. The molecule has 0 heterocycles. The Morgan fingerprint density at radius 3 is 2.24 bits per heavy atom. The molecule has 0 bridgehead atoms. The van der Waals surface area contributed by atoms with E-state index in [4.69, 9.17) is 9.47 Å². The van der Waals surface area contributed by atoms with E-state index in [0.29, 0.717) is 24.6 Å². The molecule has 2 rings (SSSR count). The molecule has 0 atom stereocenters. The maximum atomic E-state index is 11.6. The summed E-state index contributed by atoms with van der Waals surface area (Å²) in [6.45, 7) is 2.62. The van der Waals surface area contributed by atoms with Gasteiger partial charge in [-0.2, -0.15) is 0 Å². The van der Waals surface area contributed by atoms with Gasteiger partial charge in [0, 0.05) is 18.8 Å². The molecule has 0 saturated carbocycles. The van der Waals surface area contributed by atoms with Crippen LogP contribution in [0.15, 0.2) is 42.5 Å². The van der Waals surface area contributed by atoms with E-state index in [0.717, 1.165) is 16.7 Å². The highest BCUT2D eigenvalue weighted by Crippen LogP contribution is 2.35. The second-order valence-electron chi connectivity index (χ2n) is 5.64. The quantitative estimate of drug-likeness (QED) is 0.694. The zero-order valence-corrected chi connectivity index (χ0v) is 15.7. The average Bonchev–Trinajstić information content (AvgIpc) is 2.65. The van der Waals surface area contributed by atoms with Crippen molar-refractivity contribution in [3.8, 4) is 22.6 Å². The molecule has 0 radical (unpaired) electrons. The third-order valence-corrected chi connectivity index (χ3v) is 5.75. The van der Waals surface area contributed by atoms with Gasteiger partial charge in [-0.25, -0.2) is 8.42 Å². The molecule has 0 fully saturated rings. The SMILES string of the molecule is CCS(=O)(=O)CCNCc1cc(OC)c(OC)cc1-c1ccccc1. The zero-order valence-electron chi connectivity index (χ0n) is 14.9. The largest absolute Gasteiger partial charge is 0.493 e. The number of methoxy groups -OCH3 is 2. The van der Waals surface area contributed by atoms with E-state index in [1.54, 1.807) is 21.1 Å². The fourth-order valence-electron chi connectivity index (χ4n) is 2.55. The number of rotatable bonds is 9. The van der Waals surface area contributed by atoms with E-state index in [9.17, 15) is 8.42 Å². The molecule has 1 N–H and O–H groups in total. The fourth-order valence-corrected chi connectivity index (χ4v) is 3.29. The predicted octanol–water partition coefficient (Wildman–Crippen LogP) is 2.90. The Morgan fingerprint density at radius 2 is 1.64 bits per heavy atom. The van der Waals surface area contributed by atoms with Gasteiger partial charge in [0.25, 0.3) is 0 Å². The Labute approximate surface area is 149 Å². The van der Waals surface area contributed by atoms with Gasteiger partial charge in [0.15, 0.2) is 21.3 Å². The summed E-state index contributed by atoms with van der Waals surface area (Å²) in [5.74, 6) is 1.62. The highest BCUT2D eigenvalue weighted by molar-refractivity contribution is 7.91. The molecule has 136 valence electrons. The normalized spacial score (nSPS) is 11.3. The summed E-state index contributed by atoms with van der Waals surface area (Å²) in [7, 11) is 0.247. The molecule has 0 saturated heterocycles. The van der Waals surface area contributed by atoms with Crippen LogP contribution in [0.25, 0.3) is 11.1 Å². The summed E-state index contributed by atoms with van der Waals surface area (Å²) in [5, 5.41) is 3.22. The van der Waals surface area contributed by atoms with Crippen LogP contribution in [-0.2, 0) is 16.4 Å². The molecule has 6 heteroatoms. The lowest BCUT2D eigenvalue weighted by Gasteiger charge is -2.16. The summed E-state index contributed by atoms with van der Waals surface area (Å²) in [6.07, 6.45) is 0. The Bertz CT molecular complexity index is 789. The minimum absolute atomic E-state index is 0.136. The van der Waals surface area contributed by atoms with Crippen molar-refractivity contribution in [3.63, 3.8) is 0 Å². The number of hydrogen-bond donors (Lipinski definition) is 1. The van der Waals surface area contributed by atoms with Gasteiger partial charge in [-0.3, -0.25) is 0 Å². The smallest absolute Gasteiger partial charge is 0.161 e. The summed E-state index contributed by atoms with van der Waals surface area (Å²) in [4.78, 5) is 0. The van der Waals surface area contributed by atoms with Gasteiger partial charge in [-0.15, -0.1) is 0 Å². The van der Waals surface area contributed by atoms with Crippen LogP contribution in [0.4, 0.5) is 0 Å². The van der Waals surface area contributed by atoms with Gasteiger partial charge < -0.3 is 14.8 Å². The Balaban J connectivity index is 2.25. The number of nitrogens with one attached hydrogen (secondary N) is 1. The summed E-state index contributed by atoms with van der Waals surface area (Å²) >= 11 is 0. The van der Waals surface area contributed by atoms with Crippen LogP contribution in [0, 0.1) is 0 Å². The van der Waals surface area contributed by atoms with Crippen LogP contribution >= 0.6 is 0 Å². The van der Waals surface area contributed by atoms with Crippen molar-refractivity contribution >= 4 is 9.84 Å². The van der Waals surface area contributed by atoms with E-state index >= 15 is 0 Å². The number of ether oxygens (including phenoxy) is 2. The van der Waals surface area contributed by atoms with Crippen LogP contribution in [0.5, 0.6) is 11.5 Å². The number of hydrogen-bond acceptors (Lipinski definition) is 5. The Hall–Kier alpha value is -2.05. The Morgan fingerprint density at radius 1 is 1.00 bits per heavy atom. The van der Waals surface area contributed by atoms with E-state index < -0.39 is 9.84 Å². The van der Waals surface area contributed by atoms with Crippen molar-refractivity contribution in [1.82, 2.24) is 5.32 Å². The average molecular weight is 363 g/mol. The molecule has 0 aromatic heterocycles. The minimum atomic E-state index is -2.97.